The second kappa shape index (κ2) is 8.34. The summed E-state index contributed by atoms with van der Waals surface area (Å²) in [7, 11) is 0. The van der Waals surface area contributed by atoms with Crippen LogP contribution in [0.1, 0.15) is 38.5 Å². The van der Waals surface area contributed by atoms with Crippen molar-refractivity contribution in [3.8, 4) is 0 Å². The molecular weight excluding hydrogens is 274 g/mol. The Labute approximate surface area is 125 Å². The van der Waals surface area contributed by atoms with Gasteiger partial charge >= 0.3 is 5.97 Å². The summed E-state index contributed by atoms with van der Waals surface area (Å²) in [5.41, 5.74) is 0. The molecule has 0 unspecified atom stereocenters. The van der Waals surface area contributed by atoms with E-state index >= 15 is 0 Å². The predicted octanol–water partition coefficient (Wildman–Crippen LogP) is 1.29. The van der Waals surface area contributed by atoms with Crippen LogP contribution in [0, 0.1) is 5.92 Å². The van der Waals surface area contributed by atoms with E-state index in [1.54, 1.807) is 0 Å². The number of rotatable bonds is 6. The summed E-state index contributed by atoms with van der Waals surface area (Å²) in [4.78, 5) is 24.6. The van der Waals surface area contributed by atoms with Gasteiger partial charge in [0.05, 0.1) is 19.1 Å². The van der Waals surface area contributed by atoms with E-state index in [4.69, 9.17) is 14.6 Å². The Kier molecular flexibility index (Phi) is 6.45. The van der Waals surface area contributed by atoms with Crippen molar-refractivity contribution < 1.29 is 24.2 Å². The fourth-order valence-electron chi connectivity index (χ4n) is 2.95. The van der Waals surface area contributed by atoms with Gasteiger partial charge in [-0.2, -0.15) is 0 Å². The van der Waals surface area contributed by atoms with E-state index in [1.165, 1.54) is 0 Å². The van der Waals surface area contributed by atoms with Crippen molar-refractivity contribution in [1.82, 2.24) is 4.90 Å². The molecule has 1 amide bonds. The zero-order chi connectivity index (χ0) is 15.1. The van der Waals surface area contributed by atoms with E-state index in [1.807, 2.05) is 4.90 Å². The van der Waals surface area contributed by atoms with Gasteiger partial charge in [0.1, 0.15) is 0 Å². The number of amides is 1. The molecule has 2 aliphatic rings. The van der Waals surface area contributed by atoms with E-state index in [0.29, 0.717) is 26.1 Å². The molecule has 2 saturated heterocycles. The fraction of sp³-hybridized carbons (Fsp3) is 0.867. The Hall–Kier alpha value is -1.14. The maximum Gasteiger partial charge on any atom is 0.303 e. The van der Waals surface area contributed by atoms with E-state index in [0.717, 1.165) is 38.9 Å². The molecule has 0 spiro atoms. The molecule has 0 atom stereocenters. The van der Waals surface area contributed by atoms with E-state index in [2.05, 4.69) is 0 Å². The van der Waals surface area contributed by atoms with Crippen LogP contribution < -0.4 is 0 Å². The lowest BCUT2D eigenvalue weighted by Gasteiger charge is -2.31. The van der Waals surface area contributed by atoms with Crippen LogP contribution in [0.5, 0.6) is 0 Å². The number of aliphatic carboxylic acids is 1. The SMILES string of the molecule is O=C(O)CC1CCN(C(=O)CCOC2CCOCC2)CC1. The first-order valence-corrected chi connectivity index (χ1v) is 7.84. The number of carbonyl (C=O) groups is 2. The van der Waals surface area contributed by atoms with Gasteiger partial charge in [-0.15, -0.1) is 0 Å². The van der Waals surface area contributed by atoms with Gasteiger partial charge in [-0.05, 0) is 31.6 Å². The van der Waals surface area contributed by atoms with Crippen LogP contribution in [0.3, 0.4) is 0 Å². The number of piperidine rings is 1. The van der Waals surface area contributed by atoms with Gasteiger partial charge in [-0.3, -0.25) is 9.59 Å². The van der Waals surface area contributed by atoms with Crippen LogP contribution in [0.25, 0.3) is 0 Å². The summed E-state index contributed by atoms with van der Waals surface area (Å²) in [6, 6.07) is 0. The first kappa shape index (κ1) is 16.2. The average Bonchev–Trinajstić information content (AvgIpc) is 2.48. The van der Waals surface area contributed by atoms with E-state index in [-0.39, 0.29) is 24.3 Å². The molecule has 0 saturated carbocycles. The Morgan fingerprint density at radius 1 is 1.14 bits per heavy atom. The molecule has 6 heteroatoms. The highest BCUT2D eigenvalue weighted by atomic mass is 16.5. The molecule has 2 aliphatic heterocycles. The average molecular weight is 299 g/mol. The monoisotopic (exact) mass is 299 g/mol. The first-order valence-electron chi connectivity index (χ1n) is 7.84. The number of hydrogen-bond acceptors (Lipinski definition) is 4. The standard InChI is InChI=1S/C15H25NO5/c17-14(5-10-21-13-3-8-20-9-4-13)16-6-1-12(2-7-16)11-15(18)19/h12-13H,1-11H2,(H,18,19). The molecule has 0 aliphatic carbocycles. The Morgan fingerprint density at radius 3 is 2.43 bits per heavy atom. The van der Waals surface area contributed by atoms with Crippen LogP contribution in [-0.2, 0) is 19.1 Å². The molecule has 2 fully saturated rings. The summed E-state index contributed by atoms with van der Waals surface area (Å²) in [6.45, 7) is 3.31. The van der Waals surface area contributed by atoms with Crippen LogP contribution in [0.15, 0.2) is 0 Å². The Morgan fingerprint density at radius 2 is 1.81 bits per heavy atom. The van der Waals surface area contributed by atoms with Crippen LogP contribution in [-0.4, -0.2) is 60.9 Å². The van der Waals surface area contributed by atoms with Crippen molar-refractivity contribution in [1.29, 1.82) is 0 Å². The number of carboxylic acid groups (broad SMARTS) is 1. The zero-order valence-electron chi connectivity index (χ0n) is 12.5. The second-order valence-electron chi connectivity index (χ2n) is 5.85. The predicted molar refractivity (Wildman–Crippen MR) is 76.0 cm³/mol. The molecule has 2 heterocycles. The molecule has 0 radical (unpaired) electrons. The Balaban J connectivity index is 1.59. The van der Waals surface area contributed by atoms with Crippen molar-refractivity contribution in [2.45, 2.75) is 44.6 Å². The number of likely N-dealkylation sites (tertiary alicyclic amines) is 1. The highest BCUT2D eigenvalue weighted by Crippen LogP contribution is 2.21. The fourth-order valence-corrected chi connectivity index (χ4v) is 2.95. The summed E-state index contributed by atoms with van der Waals surface area (Å²) < 4.78 is 11.0. The quantitative estimate of drug-likeness (QED) is 0.799. The maximum absolute atomic E-state index is 12.1. The highest BCUT2D eigenvalue weighted by Gasteiger charge is 2.24. The molecule has 1 N–H and O–H groups in total. The van der Waals surface area contributed by atoms with Gasteiger partial charge in [0.15, 0.2) is 0 Å². The third-order valence-electron chi connectivity index (χ3n) is 4.27. The summed E-state index contributed by atoms with van der Waals surface area (Å²) >= 11 is 0. The molecule has 6 nitrogen and oxygen atoms in total. The van der Waals surface area contributed by atoms with Gasteiger partial charge in [0, 0.05) is 32.7 Å². The number of hydrogen-bond donors (Lipinski definition) is 1. The number of carbonyl (C=O) groups excluding carboxylic acids is 1. The number of ether oxygens (including phenoxy) is 2. The highest BCUT2D eigenvalue weighted by molar-refractivity contribution is 5.76. The van der Waals surface area contributed by atoms with Crippen molar-refractivity contribution in [3.63, 3.8) is 0 Å². The minimum absolute atomic E-state index is 0.121. The third-order valence-corrected chi connectivity index (χ3v) is 4.27. The molecule has 0 aromatic heterocycles. The topological polar surface area (TPSA) is 76.1 Å². The van der Waals surface area contributed by atoms with Crippen molar-refractivity contribution in [2.75, 3.05) is 32.9 Å². The Bertz CT molecular complexity index is 346. The molecule has 0 aromatic carbocycles. The summed E-state index contributed by atoms with van der Waals surface area (Å²) in [6.07, 6.45) is 4.27. The van der Waals surface area contributed by atoms with Gasteiger partial charge in [-0.25, -0.2) is 0 Å². The lowest BCUT2D eigenvalue weighted by atomic mass is 9.93. The molecule has 0 aromatic rings. The molecule has 120 valence electrons. The van der Waals surface area contributed by atoms with E-state index < -0.39 is 5.97 Å². The maximum atomic E-state index is 12.1. The van der Waals surface area contributed by atoms with Gasteiger partial charge < -0.3 is 19.5 Å². The van der Waals surface area contributed by atoms with Crippen molar-refractivity contribution in [3.05, 3.63) is 0 Å². The zero-order valence-corrected chi connectivity index (χ0v) is 12.5. The van der Waals surface area contributed by atoms with Gasteiger partial charge in [0.25, 0.3) is 0 Å². The normalized spacial score (nSPS) is 21.4. The van der Waals surface area contributed by atoms with Crippen LogP contribution in [0.4, 0.5) is 0 Å². The van der Waals surface area contributed by atoms with Gasteiger partial charge in [-0.1, -0.05) is 0 Å². The molecule has 0 bridgehead atoms. The minimum Gasteiger partial charge on any atom is -0.481 e. The second-order valence-corrected chi connectivity index (χ2v) is 5.85. The summed E-state index contributed by atoms with van der Waals surface area (Å²) in [5, 5.41) is 8.77. The van der Waals surface area contributed by atoms with Gasteiger partial charge in [0.2, 0.25) is 5.91 Å². The summed E-state index contributed by atoms with van der Waals surface area (Å²) in [5.74, 6) is -0.412. The number of nitrogens with zero attached hydrogens (tertiary/aromatic N) is 1. The third kappa shape index (κ3) is 5.63. The van der Waals surface area contributed by atoms with E-state index in [9.17, 15) is 9.59 Å². The smallest absolute Gasteiger partial charge is 0.303 e. The van der Waals surface area contributed by atoms with Crippen molar-refractivity contribution in [2.24, 2.45) is 5.92 Å². The van der Waals surface area contributed by atoms with Crippen LogP contribution in [0.2, 0.25) is 0 Å². The molecule has 2 rings (SSSR count). The minimum atomic E-state index is -0.746. The molecular formula is C15H25NO5. The van der Waals surface area contributed by atoms with Crippen molar-refractivity contribution >= 4 is 11.9 Å². The van der Waals surface area contributed by atoms with Crippen LogP contribution >= 0.6 is 0 Å². The largest absolute Gasteiger partial charge is 0.481 e. The lowest BCUT2D eigenvalue weighted by molar-refractivity contribution is -0.138. The first-order chi connectivity index (χ1) is 10.1. The molecule has 21 heavy (non-hydrogen) atoms. The lowest BCUT2D eigenvalue weighted by Crippen LogP contribution is -2.39. The number of carboxylic acids is 1.